The molecule has 1 saturated carbocycles. The summed E-state index contributed by atoms with van der Waals surface area (Å²) < 4.78 is 10.7. The normalized spacial score (nSPS) is 28.9. The average molecular weight is 295 g/mol. The van der Waals surface area contributed by atoms with E-state index in [1.54, 1.807) is 7.11 Å². The van der Waals surface area contributed by atoms with Crippen LogP contribution >= 0.6 is 0 Å². The highest BCUT2D eigenvalue weighted by Gasteiger charge is 2.33. The third-order valence-electron chi connectivity index (χ3n) is 4.79. The second-order valence-electron chi connectivity index (χ2n) is 6.20. The lowest BCUT2D eigenvalue weighted by Crippen LogP contribution is -2.48. The largest absolute Gasteiger partial charge is 0.422 e. The molecule has 0 spiro atoms. The Balaban J connectivity index is 1.54. The number of hydrogen-bond acceptors (Lipinski definition) is 6. The Morgan fingerprint density at radius 2 is 1.95 bits per heavy atom. The van der Waals surface area contributed by atoms with E-state index in [2.05, 4.69) is 15.1 Å². The Bertz CT molecular complexity index is 443. The number of aromatic nitrogens is 2. The first kappa shape index (κ1) is 14.9. The van der Waals surface area contributed by atoms with Gasteiger partial charge in [0.2, 0.25) is 11.8 Å². The molecular formula is C15H25N3O3. The van der Waals surface area contributed by atoms with Gasteiger partial charge in [-0.05, 0) is 38.8 Å². The van der Waals surface area contributed by atoms with Crippen molar-refractivity contribution in [1.82, 2.24) is 15.1 Å². The maximum Gasteiger partial charge on any atom is 0.242 e. The maximum absolute atomic E-state index is 10.2. The smallest absolute Gasteiger partial charge is 0.242 e. The summed E-state index contributed by atoms with van der Waals surface area (Å²) in [6.07, 6.45) is 6.39. The second-order valence-corrected chi connectivity index (χ2v) is 6.20. The van der Waals surface area contributed by atoms with Crippen LogP contribution in [0.4, 0.5) is 0 Å². The zero-order valence-electron chi connectivity index (χ0n) is 12.7. The van der Waals surface area contributed by atoms with Gasteiger partial charge in [0.25, 0.3) is 0 Å². The van der Waals surface area contributed by atoms with Gasteiger partial charge in [-0.1, -0.05) is 12.8 Å². The fourth-order valence-corrected chi connectivity index (χ4v) is 3.61. The molecule has 2 aliphatic rings. The van der Waals surface area contributed by atoms with Crippen LogP contribution in [0.15, 0.2) is 4.42 Å². The van der Waals surface area contributed by atoms with Gasteiger partial charge in [0.05, 0.1) is 6.10 Å². The monoisotopic (exact) mass is 295 g/mol. The van der Waals surface area contributed by atoms with Crippen LogP contribution in [-0.4, -0.2) is 52.5 Å². The van der Waals surface area contributed by atoms with Crippen molar-refractivity contribution in [2.24, 2.45) is 0 Å². The lowest BCUT2D eigenvalue weighted by atomic mass is 9.88. The zero-order valence-corrected chi connectivity index (χ0v) is 12.7. The quantitative estimate of drug-likeness (QED) is 0.911. The summed E-state index contributed by atoms with van der Waals surface area (Å²) in [5.41, 5.74) is 0. The minimum absolute atomic E-state index is 0.146. The first-order valence-corrected chi connectivity index (χ1v) is 8.01. The molecule has 0 radical (unpaired) electrons. The number of piperidine rings is 1. The Hall–Kier alpha value is -0.980. The van der Waals surface area contributed by atoms with E-state index in [-0.39, 0.29) is 6.10 Å². The van der Waals surface area contributed by atoms with Crippen molar-refractivity contribution in [3.8, 4) is 0 Å². The fraction of sp³-hybridized carbons (Fsp3) is 0.867. The summed E-state index contributed by atoms with van der Waals surface area (Å²) >= 11 is 0. The summed E-state index contributed by atoms with van der Waals surface area (Å²) in [6, 6.07) is 0.353. The molecule has 3 rings (SSSR count). The topological polar surface area (TPSA) is 71.6 Å². The van der Waals surface area contributed by atoms with Gasteiger partial charge in [0.15, 0.2) is 0 Å². The molecule has 1 aromatic heterocycles. The highest BCUT2D eigenvalue weighted by Crippen LogP contribution is 2.31. The van der Waals surface area contributed by atoms with Gasteiger partial charge in [-0.2, -0.15) is 0 Å². The molecular weight excluding hydrogens is 270 g/mol. The number of methoxy groups -OCH3 is 1. The van der Waals surface area contributed by atoms with Crippen LogP contribution in [0.5, 0.6) is 0 Å². The number of nitrogens with zero attached hydrogens (tertiary/aromatic N) is 3. The molecule has 0 amide bonds. The van der Waals surface area contributed by atoms with E-state index in [0.717, 1.165) is 44.7 Å². The minimum atomic E-state index is -0.146. The van der Waals surface area contributed by atoms with Gasteiger partial charge in [-0.3, -0.25) is 4.90 Å². The summed E-state index contributed by atoms with van der Waals surface area (Å²) in [5, 5.41) is 18.3. The third kappa shape index (κ3) is 3.44. The average Bonchev–Trinajstić information content (AvgIpc) is 2.97. The Kier molecular flexibility index (Phi) is 4.87. The Morgan fingerprint density at radius 3 is 2.67 bits per heavy atom. The van der Waals surface area contributed by atoms with Gasteiger partial charge < -0.3 is 14.3 Å². The van der Waals surface area contributed by atoms with E-state index in [0.29, 0.717) is 24.5 Å². The standard InChI is InChI=1S/C15H25N3O3/c1-20-10-14-16-17-15(21-14)11-6-8-18(9-7-11)12-4-2-3-5-13(12)19/h11-13,19H,2-10H2,1H3/t12-,13+/m1/s1. The number of ether oxygens (including phenoxy) is 1. The minimum Gasteiger partial charge on any atom is -0.422 e. The lowest BCUT2D eigenvalue weighted by Gasteiger charge is -2.41. The van der Waals surface area contributed by atoms with Crippen LogP contribution in [0.1, 0.15) is 56.2 Å². The number of rotatable bonds is 4. The van der Waals surface area contributed by atoms with Crippen molar-refractivity contribution in [2.45, 2.75) is 63.2 Å². The van der Waals surface area contributed by atoms with E-state index in [4.69, 9.17) is 9.15 Å². The fourth-order valence-electron chi connectivity index (χ4n) is 3.61. The molecule has 1 aromatic rings. The Labute approximate surface area is 125 Å². The van der Waals surface area contributed by atoms with Crippen molar-refractivity contribution in [2.75, 3.05) is 20.2 Å². The van der Waals surface area contributed by atoms with E-state index in [9.17, 15) is 5.11 Å². The molecule has 118 valence electrons. The molecule has 1 aliphatic carbocycles. The van der Waals surface area contributed by atoms with Crippen molar-refractivity contribution in [1.29, 1.82) is 0 Å². The van der Waals surface area contributed by atoms with Gasteiger partial charge in [-0.15, -0.1) is 10.2 Å². The summed E-state index contributed by atoms with van der Waals surface area (Å²) in [5.74, 6) is 1.64. The van der Waals surface area contributed by atoms with Gasteiger partial charge >= 0.3 is 0 Å². The summed E-state index contributed by atoms with van der Waals surface area (Å²) in [6.45, 7) is 2.39. The molecule has 2 atom stereocenters. The third-order valence-corrected chi connectivity index (χ3v) is 4.79. The molecule has 0 bridgehead atoms. The van der Waals surface area contributed by atoms with Crippen LogP contribution in [0.3, 0.4) is 0 Å². The van der Waals surface area contributed by atoms with Crippen molar-refractivity contribution in [3.05, 3.63) is 11.8 Å². The molecule has 2 heterocycles. The van der Waals surface area contributed by atoms with Crippen molar-refractivity contribution >= 4 is 0 Å². The zero-order chi connectivity index (χ0) is 14.7. The van der Waals surface area contributed by atoms with Crippen LogP contribution in [0.2, 0.25) is 0 Å². The van der Waals surface area contributed by atoms with Crippen molar-refractivity contribution in [3.63, 3.8) is 0 Å². The summed E-state index contributed by atoms with van der Waals surface area (Å²) in [4.78, 5) is 2.45. The Morgan fingerprint density at radius 1 is 1.19 bits per heavy atom. The molecule has 21 heavy (non-hydrogen) atoms. The highest BCUT2D eigenvalue weighted by atomic mass is 16.5. The molecule has 1 saturated heterocycles. The lowest BCUT2D eigenvalue weighted by molar-refractivity contribution is 0.00743. The maximum atomic E-state index is 10.2. The summed E-state index contributed by atoms with van der Waals surface area (Å²) in [7, 11) is 1.62. The van der Waals surface area contributed by atoms with E-state index in [1.807, 2.05) is 0 Å². The van der Waals surface area contributed by atoms with Crippen LogP contribution in [-0.2, 0) is 11.3 Å². The number of aliphatic hydroxyl groups is 1. The van der Waals surface area contributed by atoms with E-state index in [1.165, 1.54) is 12.8 Å². The van der Waals surface area contributed by atoms with Crippen molar-refractivity contribution < 1.29 is 14.3 Å². The van der Waals surface area contributed by atoms with Gasteiger partial charge in [-0.25, -0.2) is 0 Å². The van der Waals surface area contributed by atoms with Gasteiger partial charge in [0, 0.05) is 19.1 Å². The molecule has 1 N–H and O–H groups in total. The van der Waals surface area contributed by atoms with E-state index >= 15 is 0 Å². The number of likely N-dealkylation sites (tertiary alicyclic amines) is 1. The predicted molar refractivity (Wildman–Crippen MR) is 76.8 cm³/mol. The molecule has 0 unspecified atom stereocenters. The van der Waals surface area contributed by atoms with Crippen LogP contribution < -0.4 is 0 Å². The molecule has 0 aromatic carbocycles. The molecule has 1 aliphatic heterocycles. The van der Waals surface area contributed by atoms with Crippen LogP contribution in [0.25, 0.3) is 0 Å². The number of hydrogen-bond donors (Lipinski definition) is 1. The first-order chi connectivity index (χ1) is 10.3. The molecule has 6 nitrogen and oxygen atoms in total. The second kappa shape index (κ2) is 6.85. The van der Waals surface area contributed by atoms with E-state index < -0.39 is 0 Å². The predicted octanol–water partition coefficient (Wildman–Crippen LogP) is 1.70. The SMILES string of the molecule is COCc1nnc(C2CCN([C@@H]3CCCC[C@@H]3O)CC2)o1. The molecule has 2 fully saturated rings. The first-order valence-electron chi connectivity index (χ1n) is 8.01. The van der Waals surface area contributed by atoms with Crippen LogP contribution in [0, 0.1) is 0 Å². The highest BCUT2D eigenvalue weighted by molar-refractivity contribution is 4.96. The molecule has 6 heteroatoms. The number of aliphatic hydroxyl groups excluding tert-OH is 1. The van der Waals surface area contributed by atoms with Gasteiger partial charge in [0.1, 0.15) is 6.61 Å².